The van der Waals surface area contributed by atoms with Gasteiger partial charge in [-0.1, -0.05) is 153 Å². The summed E-state index contributed by atoms with van der Waals surface area (Å²) in [6.07, 6.45) is 0. The highest BCUT2D eigenvalue weighted by Crippen LogP contribution is 2.47. The molecule has 2 aromatic heterocycles. The number of rotatable bonds is 4. The molecule has 232 valence electrons. The van der Waals surface area contributed by atoms with Crippen LogP contribution in [0.15, 0.2) is 158 Å². The van der Waals surface area contributed by atoms with Crippen molar-refractivity contribution in [3.63, 3.8) is 0 Å². The topological polar surface area (TPSA) is 43.6 Å². The van der Waals surface area contributed by atoms with E-state index in [1.165, 1.54) is 43.2 Å². The maximum atomic E-state index is 5.18. The second kappa shape index (κ2) is 11.7. The van der Waals surface area contributed by atoms with Gasteiger partial charge in [0.05, 0.1) is 11.0 Å². The molecule has 0 fully saturated rings. The van der Waals surface area contributed by atoms with Crippen molar-refractivity contribution in [2.24, 2.45) is 0 Å². The van der Waals surface area contributed by atoms with Crippen molar-refractivity contribution in [2.45, 2.75) is 13.8 Å². The molecule has 10 aromatic rings. The zero-order valence-corrected chi connectivity index (χ0v) is 27.3. The fourth-order valence-electron chi connectivity index (χ4n) is 7.38. The molecule has 4 nitrogen and oxygen atoms in total. The fourth-order valence-corrected chi connectivity index (χ4v) is 7.38. The minimum atomic E-state index is 0.653. The molecule has 0 radical (unpaired) electrons. The van der Waals surface area contributed by atoms with E-state index in [-0.39, 0.29) is 0 Å². The van der Waals surface area contributed by atoms with Gasteiger partial charge in [-0.05, 0) is 45.1 Å². The molecule has 2 heterocycles. The van der Waals surface area contributed by atoms with Gasteiger partial charge in [0.15, 0.2) is 17.5 Å². The Morgan fingerprint density at radius 1 is 0.388 bits per heavy atom. The van der Waals surface area contributed by atoms with Crippen LogP contribution in [0.2, 0.25) is 0 Å². The summed E-state index contributed by atoms with van der Waals surface area (Å²) in [7, 11) is 0. The summed E-state index contributed by atoms with van der Waals surface area (Å²) >= 11 is 0. The summed E-state index contributed by atoms with van der Waals surface area (Å²) in [5.41, 5.74) is 6.31. The van der Waals surface area contributed by atoms with Crippen LogP contribution in [0, 0.1) is 0 Å². The third-order valence-corrected chi connectivity index (χ3v) is 9.36. The highest BCUT2D eigenvalue weighted by Gasteiger charge is 2.24. The molecule has 4 heteroatoms. The Kier molecular flexibility index (Phi) is 6.87. The molecule has 0 saturated carbocycles. The Balaban J connectivity index is 0.00000160. The van der Waals surface area contributed by atoms with Crippen LogP contribution in [0.4, 0.5) is 0 Å². The second-order valence-corrected chi connectivity index (χ2v) is 12.0. The maximum absolute atomic E-state index is 5.18. The van der Waals surface area contributed by atoms with Crippen LogP contribution in [-0.2, 0) is 0 Å². The normalized spacial score (nSPS) is 11.5. The molecule has 0 atom stereocenters. The lowest BCUT2D eigenvalue weighted by atomic mass is 9.90. The van der Waals surface area contributed by atoms with Crippen molar-refractivity contribution in [2.75, 3.05) is 0 Å². The van der Waals surface area contributed by atoms with Gasteiger partial charge in [0, 0.05) is 38.5 Å². The van der Waals surface area contributed by atoms with Crippen molar-refractivity contribution in [3.8, 4) is 39.9 Å². The standard InChI is InChI=1S/C43H26N4.C2H6/c1-4-13-29(14-5-1)41-44-42(30-15-6-2-7-16-30)46-43(45-41)34-23-12-24-35-38(34)39-32-21-10-17-27-25-26-28-18-11-22-33(37(28)36(27)32)40(39)47(35)31-19-8-3-9-20-31;1-2/h1-26H;1-2H3. The number of fused-ring (bicyclic) bond motifs is 5. The van der Waals surface area contributed by atoms with Gasteiger partial charge < -0.3 is 4.57 Å². The van der Waals surface area contributed by atoms with Gasteiger partial charge in [-0.2, -0.15) is 0 Å². The number of nitrogens with zero attached hydrogens (tertiary/aromatic N) is 4. The number of aromatic nitrogens is 4. The van der Waals surface area contributed by atoms with Gasteiger partial charge in [0.2, 0.25) is 0 Å². The van der Waals surface area contributed by atoms with Crippen molar-refractivity contribution < 1.29 is 0 Å². The average molecular weight is 629 g/mol. The number of hydrogen-bond donors (Lipinski definition) is 0. The molecule has 0 amide bonds. The third kappa shape index (κ3) is 4.49. The molecule has 8 aromatic carbocycles. The molecule has 0 aliphatic heterocycles. The smallest absolute Gasteiger partial charge is 0.164 e. The van der Waals surface area contributed by atoms with Crippen molar-refractivity contribution in [3.05, 3.63) is 158 Å². The van der Waals surface area contributed by atoms with Crippen LogP contribution in [-0.4, -0.2) is 19.5 Å². The van der Waals surface area contributed by atoms with Crippen molar-refractivity contribution in [1.29, 1.82) is 0 Å². The quantitative estimate of drug-likeness (QED) is 0.182. The second-order valence-electron chi connectivity index (χ2n) is 12.0. The van der Waals surface area contributed by atoms with Crippen molar-refractivity contribution in [1.82, 2.24) is 19.5 Å². The Bertz CT molecular complexity index is 2710. The predicted octanol–water partition coefficient (Wildman–Crippen LogP) is 11.9. The molecule has 0 spiro atoms. The van der Waals surface area contributed by atoms with E-state index in [4.69, 9.17) is 15.0 Å². The lowest BCUT2D eigenvalue weighted by Gasteiger charge is -2.15. The average Bonchev–Trinajstić information content (AvgIpc) is 3.55. The predicted molar refractivity (Wildman–Crippen MR) is 206 cm³/mol. The van der Waals surface area contributed by atoms with E-state index >= 15 is 0 Å². The highest BCUT2D eigenvalue weighted by atomic mass is 15.0. The summed E-state index contributed by atoms with van der Waals surface area (Å²) in [4.78, 5) is 15.3. The summed E-state index contributed by atoms with van der Waals surface area (Å²) in [6.45, 7) is 4.00. The van der Waals surface area contributed by atoms with E-state index in [2.05, 4.69) is 126 Å². The Morgan fingerprint density at radius 2 is 0.898 bits per heavy atom. The first kappa shape index (κ1) is 28.8. The van der Waals surface area contributed by atoms with Crippen LogP contribution in [0.5, 0.6) is 0 Å². The summed E-state index contributed by atoms with van der Waals surface area (Å²) in [5, 5.41) is 9.88. The number of benzene rings is 8. The molecule has 49 heavy (non-hydrogen) atoms. The van der Waals surface area contributed by atoms with Gasteiger partial charge in [-0.15, -0.1) is 0 Å². The summed E-state index contributed by atoms with van der Waals surface area (Å²) < 4.78 is 2.43. The lowest BCUT2D eigenvalue weighted by molar-refractivity contribution is 1.08. The summed E-state index contributed by atoms with van der Waals surface area (Å²) in [5.74, 6) is 1.96. The first-order valence-electron chi connectivity index (χ1n) is 16.9. The van der Waals surface area contributed by atoms with Gasteiger partial charge in [-0.25, -0.2) is 15.0 Å². The largest absolute Gasteiger partial charge is 0.309 e. The molecular weight excluding hydrogens is 597 g/mol. The van der Waals surface area contributed by atoms with Crippen LogP contribution in [0.3, 0.4) is 0 Å². The van der Waals surface area contributed by atoms with E-state index in [1.807, 2.05) is 50.2 Å². The molecule has 10 rings (SSSR count). The molecule has 0 aliphatic rings. The number of para-hydroxylation sites is 1. The van der Waals surface area contributed by atoms with E-state index < -0.39 is 0 Å². The Labute approximate surface area is 284 Å². The molecule has 0 aliphatic carbocycles. The minimum absolute atomic E-state index is 0.653. The van der Waals surface area contributed by atoms with Crippen molar-refractivity contribution >= 4 is 54.1 Å². The lowest BCUT2D eigenvalue weighted by Crippen LogP contribution is -2.00. The van der Waals surface area contributed by atoms with E-state index in [1.54, 1.807) is 0 Å². The molecule has 0 N–H and O–H groups in total. The maximum Gasteiger partial charge on any atom is 0.164 e. The third-order valence-electron chi connectivity index (χ3n) is 9.36. The molecule has 0 bridgehead atoms. The van der Waals surface area contributed by atoms with Gasteiger partial charge in [-0.3, -0.25) is 0 Å². The first-order valence-corrected chi connectivity index (χ1v) is 16.9. The van der Waals surface area contributed by atoms with E-state index in [0.29, 0.717) is 17.5 Å². The molecule has 0 saturated heterocycles. The van der Waals surface area contributed by atoms with Crippen LogP contribution in [0.1, 0.15) is 13.8 Å². The Hall–Kier alpha value is -6.39. The Morgan fingerprint density at radius 3 is 1.51 bits per heavy atom. The molecular formula is C45H32N4. The van der Waals surface area contributed by atoms with Crippen LogP contribution >= 0.6 is 0 Å². The molecule has 0 unspecified atom stereocenters. The van der Waals surface area contributed by atoms with Gasteiger partial charge in [0.25, 0.3) is 0 Å². The monoisotopic (exact) mass is 628 g/mol. The zero-order chi connectivity index (χ0) is 32.9. The SMILES string of the molecule is CC.c1ccc(-c2nc(-c3ccccc3)nc(-c3cccc4c3c3c5cccc6ccc7cccc(c7c65)c3n4-c3ccccc3)n2)cc1. The van der Waals surface area contributed by atoms with Gasteiger partial charge >= 0.3 is 0 Å². The highest BCUT2D eigenvalue weighted by molar-refractivity contribution is 6.38. The van der Waals surface area contributed by atoms with Crippen LogP contribution in [0.25, 0.3) is 94.0 Å². The fraction of sp³-hybridized carbons (Fsp3) is 0.0444. The summed E-state index contributed by atoms with van der Waals surface area (Å²) in [6, 6.07) is 55.4. The van der Waals surface area contributed by atoms with Crippen LogP contribution < -0.4 is 0 Å². The first-order chi connectivity index (χ1) is 24.3. The van der Waals surface area contributed by atoms with Gasteiger partial charge in [0.1, 0.15) is 0 Å². The minimum Gasteiger partial charge on any atom is -0.309 e. The van der Waals surface area contributed by atoms with E-state index in [0.717, 1.165) is 33.3 Å². The van der Waals surface area contributed by atoms with E-state index in [9.17, 15) is 0 Å². The number of hydrogen-bond acceptors (Lipinski definition) is 3. The zero-order valence-electron chi connectivity index (χ0n) is 27.3.